The van der Waals surface area contributed by atoms with E-state index < -0.39 is 0 Å². The fraction of sp³-hybridized carbons (Fsp3) is 0.167. The maximum Gasteiger partial charge on any atom is 0.273 e. The van der Waals surface area contributed by atoms with Crippen molar-refractivity contribution >= 4 is 34.1 Å². The molecule has 0 aliphatic carbocycles. The van der Waals surface area contributed by atoms with Gasteiger partial charge >= 0.3 is 0 Å². The monoisotopic (exact) mass is 344 g/mol. The number of rotatable bonds is 4. The Hall–Kier alpha value is -2.50. The number of fused-ring (bicyclic) bond motifs is 1. The van der Waals surface area contributed by atoms with Crippen molar-refractivity contribution in [1.29, 1.82) is 0 Å². The van der Waals surface area contributed by atoms with Gasteiger partial charge in [-0.1, -0.05) is 29.8 Å². The van der Waals surface area contributed by atoms with Crippen molar-refractivity contribution in [3.8, 4) is 5.75 Å². The van der Waals surface area contributed by atoms with E-state index in [0.29, 0.717) is 27.7 Å². The lowest BCUT2D eigenvalue weighted by atomic mass is 10.2. The van der Waals surface area contributed by atoms with Gasteiger partial charge in [-0.15, -0.1) is 0 Å². The third kappa shape index (κ3) is 2.72. The number of aromatic nitrogens is 1. The van der Waals surface area contributed by atoms with Crippen molar-refractivity contribution in [2.24, 2.45) is 7.05 Å². The van der Waals surface area contributed by atoms with Gasteiger partial charge < -0.3 is 19.7 Å². The van der Waals surface area contributed by atoms with Crippen molar-refractivity contribution in [3.05, 3.63) is 58.7 Å². The Bertz CT molecular complexity index is 879. The summed E-state index contributed by atoms with van der Waals surface area (Å²) in [7, 11) is 3.33. The third-order valence-electron chi connectivity index (χ3n) is 3.97. The SMILES string of the molecule is COc1ccc(NC(=O)c2c(Cl)c3ccccc3n2C)cc1CO. The number of ether oxygens (including phenoxy) is 1. The molecule has 1 aromatic heterocycles. The molecule has 1 amide bonds. The maximum absolute atomic E-state index is 12.7. The molecule has 24 heavy (non-hydrogen) atoms. The number of carbonyl (C=O) groups excluding carboxylic acids is 1. The van der Waals surface area contributed by atoms with Gasteiger partial charge in [0.05, 0.1) is 18.7 Å². The summed E-state index contributed by atoms with van der Waals surface area (Å²) in [6, 6.07) is 12.7. The predicted molar refractivity (Wildman–Crippen MR) is 94.8 cm³/mol. The van der Waals surface area contributed by atoms with Crippen LogP contribution >= 0.6 is 11.6 Å². The number of benzene rings is 2. The zero-order chi connectivity index (χ0) is 17.3. The lowest BCUT2D eigenvalue weighted by Gasteiger charge is -2.11. The van der Waals surface area contributed by atoms with Crippen LogP contribution in [0.2, 0.25) is 5.02 Å². The van der Waals surface area contributed by atoms with Crippen molar-refractivity contribution < 1.29 is 14.6 Å². The lowest BCUT2D eigenvalue weighted by Crippen LogP contribution is -2.16. The van der Waals surface area contributed by atoms with Gasteiger partial charge in [-0.3, -0.25) is 4.79 Å². The van der Waals surface area contributed by atoms with Gasteiger partial charge in [-0.05, 0) is 24.3 Å². The average molecular weight is 345 g/mol. The van der Waals surface area contributed by atoms with Crippen LogP contribution in [0.15, 0.2) is 42.5 Å². The van der Waals surface area contributed by atoms with Gasteiger partial charge in [0.1, 0.15) is 11.4 Å². The Balaban J connectivity index is 1.96. The van der Waals surface area contributed by atoms with E-state index in [-0.39, 0.29) is 12.5 Å². The van der Waals surface area contributed by atoms with Gasteiger partial charge in [0.2, 0.25) is 0 Å². The molecule has 0 saturated carbocycles. The molecule has 0 fully saturated rings. The molecule has 0 radical (unpaired) electrons. The molecular weight excluding hydrogens is 328 g/mol. The largest absolute Gasteiger partial charge is 0.496 e. The number of aliphatic hydroxyl groups is 1. The van der Waals surface area contributed by atoms with Gasteiger partial charge in [0.25, 0.3) is 5.91 Å². The Kier molecular flexibility index (Phi) is 4.46. The van der Waals surface area contributed by atoms with Crippen LogP contribution < -0.4 is 10.1 Å². The number of methoxy groups -OCH3 is 1. The molecule has 0 aliphatic heterocycles. The van der Waals surface area contributed by atoms with Crippen LogP contribution in [0.4, 0.5) is 5.69 Å². The minimum absolute atomic E-state index is 0.179. The predicted octanol–water partition coefficient (Wildman–Crippen LogP) is 3.58. The van der Waals surface area contributed by atoms with E-state index in [1.54, 1.807) is 29.8 Å². The van der Waals surface area contributed by atoms with E-state index in [0.717, 1.165) is 10.9 Å². The second-order valence-corrected chi connectivity index (χ2v) is 5.76. The molecular formula is C18H17ClN2O3. The molecule has 6 heteroatoms. The number of nitrogens with one attached hydrogen (secondary N) is 1. The Morgan fingerprint density at radius 3 is 2.71 bits per heavy atom. The number of hydrogen-bond donors (Lipinski definition) is 2. The van der Waals surface area contributed by atoms with E-state index in [4.69, 9.17) is 16.3 Å². The van der Waals surface area contributed by atoms with Crippen molar-refractivity contribution in [3.63, 3.8) is 0 Å². The number of hydrogen-bond acceptors (Lipinski definition) is 3. The highest BCUT2D eigenvalue weighted by Crippen LogP contribution is 2.30. The standard InChI is InChI=1S/C18H17ClN2O3/c1-21-14-6-4-3-5-13(14)16(19)17(21)18(23)20-12-7-8-15(24-2)11(9-12)10-22/h3-9,22H,10H2,1-2H3,(H,20,23). The summed E-state index contributed by atoms with van der Waals surface area (Å²) in [6.07, 6.45) is 0. The molecule has 0 spiro atoms. The number of carbonyl (C=O) groups is 1. The number of para-hydroxylation sites is 1. The summed E-state index contributed by atoms with van der Waals surface area (Å²) in [5, 5.41) is 13.5. The molecule has 0 aliphatic rings. The number of amides is 1. The van der Waals surface area contributed by atoms with Crippen molar-refractivity contribution in [2.45, 2.75) is 6.61 Å². The summed E-state index contributed by atoms with van der Waals surface area (Å²) in [6.45, 7) is -0.179. The normalized spacial score (nSPS) is 10.8. The summed E-state index contributed by atoms with van der Waals surface area (Å²) in [4.78, 5) is 12.7. The van der Waals surface area contributed by atoms with Crippen molar-refractivity contribution in [2.75, 3.05) is 12.4 Å². The van der Waals surface area contributed by atoms with Crippen LogP contribution in [-0.4, -0.2) is 22.7 Å². The van der Waals surface area contributed by atoms with E-state index in [1.165, 1.54) is 7.11 Å². The first-order valence-corrected chi connectivity index (χ1v) is 7.76. The summed E-state index contributed by atoms with van der Waals surface area (Å²) >= 11 is 6.39. The summed E-state index contributed by atoms with van der Waals surface area (Å²) in [5.41, 5.74) is 2.43. The number of nitrogens with zero attached hydrogens (tertiary/aromatic N) is 1. The summed E-state index contributed by atoms with van der Waals surface area (Å²) < 4.78 is 6.93. The third-order valence-corrected chi connectivity index (χ3v) is 4.35. The highest BCUT2D eigenvalue weighted by atomic mass is 35.5. The topological polar surface area (TPSA) is 63.5 Å². The molecule has 1 heterocycles. The smallest absolute Gasteiger partial charge is 0.273 e. The molecule has 0 saturated heterocycles. The second kappa shape index (κ2) is 6.55. The fourth-order valence-corrected chi connectivity index (χ4v) is 3.14. The van der Waals surface area contributed by atoms with E-state index in [9.17, 15) is 9.90 Å². The Morgan fingerprint density at radius 1 is 1.29 bits per heavy atom. The molecule has 124 valence electrons. The van der Waals surface area contributed by atoms with Crippen LogP contribution in [0, 0.1) is 0 Å². The molecule has 3 rings (SSSR count). The molecule has 0 atom stereocenters. The fourth-order valence-electron chi connectivity index (χ4n) is 2.77. The maximum atomic E-state index is 12.7. The number of halogens is 1. The molecule has 2 N–H and O–H groups in total. The molecule has 2 aromatic carbocycles. The van der Waals surface area contributed by atoms with Gasteiger partial charge in [0.15, 0.2) is 0 Å². The number of aliphatic hydroxyl groups excluding tert-OH is 1. The van der Waals surface area contributed by atoms with Crippen LogP contribution in [0.25, 0.3) is 10.9 Å². The highest BCUT2D eigenvalue weighted by Gasteiger charge is 2.20. The molecule has 0 unspecified atom stereocenters. The average Bonchev–Trinajstić information content (AvgIpc) is 2.86. The zero-order valence-corrected chi connectivity index (χ0v) is 14.1. The summed E-state index contributed by atoms with van der Waals surface area (Å²) in [5.74, 6) is 0.255. The van der Waals surface area contributed by atoms with Crippen molar-refractivity contribution in [1.82, 2.24) is 4.57 Å². The first kappa shape index (κ1) is 16.4. The van der Waals surface area contributed by atoms with E-state index in [2.05, 4.69) is 5.32 Å². The Labute approximate surface area is 144 Å². The van der Waals surface area contributed by atoms with Crippen LogP contribution in [-0.2, 0) is 13.7 Å². The lowest BCUT2D eigenvalue weighted by molar-refractivity contribution is 0.102. The Morgan fingerprint density at radius 2 is 2.04 bits per heavy atom. The minimum atomic E-state index is -0.312. The van der Waals surface area contributed by atoms with E-state index >= 15 is 0 Å². The van der Waals surface area contributed by atoms with Crippen LogP contribution in [0.1, 0.15) is 16.1 Å². The van der Waals surface area contributed by atoms with Gasteiger partial charge in [-0.2, -0.15) is 0 Å². The second-order valence-electron chi connectivity index (χ2n) is 5.38. The minimum Gasteiger partial charge on any atom is -0.496 e. The quantitative estimate of drug-likeness (QED) is 0.760. The van der Waals surface area contributed by atoms with Gasteiger partial charge in [-0.25, -0.2) is 0 Å². The highest BCUT2D eigenvalue weighted by molar-refractivity contribution is 6.39. The van der Waals surface area contributed by atoms with Gasteiger partial charge in [0, 0.05) is 29.2 Å². The first-order chi connectivity index (χ1) is 11.6. The molecule has 3 aromatic rings. The van der Waals surface area contributed by atoms with Crippen LogP contribution in [0.3, 0.4) is 0 Å². The zero-order valence-electron chi connectivity index (χ0n) is 13.3. The first-order valence-electron chi connectivity index (χ1n) is 7.39. The number of anilines is 1. The van der Waals surface area contributed by atoms with Crippen LogP contribution in [0.5, 0.6) is 5.75 Å². The molecule has 5 nitrogen and oxygen atoms in total. The number of aryl methyl sites for hydroxylation is 1. The van der Waals surface area contributed by atoms with E-state index in [1.807, 2.05) is 24.3 Å². The molecule has 0 bridgehead atoms.